The van der Waals surface area contributed by atoms with E-state index in [1.54, 1.807) is 6.21 Å². The summed E-state index contributed by atoms with van der Waals surface area (Å²) in [6, 6.07) is 8.35. The molecule has 1 aromatic rings. The first-order valence-electron chi connectivity index (χ1n) is 9.23. The van der Waals surface area contributed by atoms with E-state index in [-0.39, 0.29) is 0 Å². The molecule has 0 aliphatic heterocycles. The van der Waals surface area contributed by atoms with Crippen LogP contribution < -0.4 is 15.5 Å². The summed E-state index contributed by atoms with van der Waals surface area (Å²) >= 11 is 5.42. The molecule has 25 heavy (non-hydrogen) atoms. The van der Waals surface area contributed by atoms with Crippen molar-refractivity contribution in [3.8, 4) is 5.75 Å². The number of ether oxygens (including phenoxy) is 1. The second-order valence-corrected chi connectivity index (χ2v) is 7.66. The first kappa shape index (κ1) is 16.6. The highest BCUT2D eigenvalue weighted by Crippen LogP contribution is 2.56. The van der Waals surface area contributed by atoms with Crippen LogP contribution in [-0.2, 0) is 0 Å². The van der Waals surface area contributed by atoms with Crippen molar-refractivity contribution in [2.75, 3.05) is 6.61 Å². The Labute approximate surface area is 154 Å². The lowest BCUT2D eigenvalue weighted by atomic mass is 9.79. The average molecular weight is 356 g/mol. The van der Waals surface area contributed by atoms with E-state index in [2.05, 4.69) is 28.0 Å². The molecule has 2 bridgehead atoms. The van der Waals surface area contributed by atoms with E-state index in [1.807, 2.05) is 31.2 Å². The molecule has 2 fully saturated rings. The van der Waals surface area contributed by atoms with Gasteiger partial charge in [0.2, 0.25) is 0 Å². The topological polar surface area (TPSA) is 45.6 Å². The van der Waals surface area contributed by atoms with E-state index in [0.29, 0.717) is 17.8 Å². The molecule has 4 rings (SSSR count). The van der Waals surface area contributed by atoms with Crippen molar-refractivity contribution in [1.29, 1.82) is 0 Å². The molecule has 1 aromatic carbocycles. The predicted octanol–water partition coefficient (Wildman–Crippen LogP) is 3.48. The Balaban J connectivity index is 1.26. The van der Waals surface area contributed by atoms with Gasteiger partial charge in [0.05, 0.1) is 12.8 Å². The van der Waals surface area contributed by atoms with Crippen molar-refractivity contribution in [2.24, 2.45) is 28.8 Å². The zero-order valence-electron chi connectivity index (χ0n) is 14.5. The number of rotatable bonds is 5. The van der Waals surface area contributed by atoms with Crippen LogP contribution in [0, 0.1) is 23.7 Å². The number of benzene rings is 1. The SMILES string of the molecule is CCOc1ccc(/C=N\NC(=S)N[C@@H]2C[C@H]3C[C@H]2[C@@H]2C=CC[C@@H]32)cc1. The number of hydrogen-bond acceptors (Lipinski definition) is 3. The zero-order chi connectivity index (χ0) is 17.2. The maximum Gasteiger partial charge on any atom is 0.187 e. The van der Waals surface area contributed by atoms with Gasteiger partial charge in [-0.15, -0.1) is 0 Å². The lowest BCUT2D eigenvalue weighted by Crippen LogP contribution is -2.45. The van der Waals surface area contributed by atoms with Crippen LogP contribution in [0.5, 0.6) is 5.75 Å². The molecule has 2 saturated carbocycles. The van der Waals surface area contributed by atoms with Crippen LogP contribution >= 0.6 is 12.2 Å². The van der Waals surface area contributed by atoms with Gasteiger partial charge in [0.25, 0.3) is 0 Å². The van der Waals surface area contributed by atoms with Crippen molar-refractivity contribution < 1.29 is 4.74 Å². The van der Waals surface area contributed by atoms with Gasteiger partial charge in [-0.3, -0.25) is 5.43 Å². The van der Waals surface area contributed by atoms with Crippen molar-refractivity contribution in [3.63, 3.8) is 0 Å². The van der Waals surface area contributed by atoms with Crippen LogP contribution in [0.2, 0.25) is 0 Å². The second kappa shape index (κ2) is 7.16. The average Bonchev–Trinajstić information content (AvgIpc) is 3.29. The summed E-state index contributed by atoms with van der Waals surface area (Å²) in [4.78, 5) is 0. The van der Waals surface area contributed by atoms with E-state index in [1.165, 1.54) is 19.3 Å². The number of nitrogens with zero attached hydrogens (tertiary/aromatic N) is 1. The van der Waals surface area contributed by atoms with Gasteiger partial charge in [-0.1, -0.05) is 12.2 Å². The van der Waals surface area contributed by atoms with Gasteiger partial charge in [-0.25, -0.2) is 0 Å². The van der Waals surface area contributed by atoms with Gasteiger partial charge in [0, 0.05) is 6.04 Å². The highest BCUT2D eigenvalue weighted by molar-refractivity contribution is 7.80. The number of allylic oxidation sites excluding steroid dienone is 2. The maximum absolute atomic E-state index is 5.44. The number of thiocarbonyl (C=S) groups is 1. The highest BCUT2D eigenvalue weighted by atomic mass is 32.1. The molecule has 0 spiro atoms. The Kier molecular flexibility index (Phi) is 4.75. The van der Waals surface area contributed by atoms with Crippen LogP contribution in [0.4, 0.5) is 0 Å². The number of hydrogen-bond donors (Lipinski definition) is 2. The summed E-state index contributed by atoms with van der Waals surface area (Å²) in [5.41, 5.74) is 3.97. The van der Waals surface area contributed by atoms with Crippen LogP contribution in [0.15, 0.2) is 41.5 Å². The minimum Gasteiger partial charge on any atom is -0.494 e. The molecule has 132 valence electrons. The summed E-state index contributed by atoms with van der Waals surface area (Å²) < 4.78 is 5.44. The largest absolute Gasteiger partial charge is 0.494 e. The summed E-state index contributed by atoms with van der Waals surface area (Å²) in [5.74, 6) is 4.16. The Morgan fingerprint density at radius 1 is 1.28 bits per heavy atom. The minimum absolute atomic E-state index is 0.495. The van der Waals surface area contributed by atoms with Crippen LogP contribution in [0.1, 0.15) is 31.7 Å². The van der Waals surface area contributed by atoms with Crippen molar-refractivity contribution in [3.05, 3.63) is 42.0 Å². The molecule has 0 heterocycles. The molecule has 5 heteroatoms. The van der Waals surface area contributed by atoms with Crippen molar-refractivity contribution >= 4 is 23.5 Å². The van der Waals surface area contributed by atoms with Gasteiger partial charge in [0.15, 0.2) is 5.11 Å². The van der Waals surface area contributed by atoms with Crippen LogP contribution in [0.25, 0.3) is 0 Å². The Bertz CT molecular complexity index is 685. The monoisotopic (exact) mass is 355 g/mol. The molecule has 0 radical (unpaired) electrons. The van der Waals surface area contributed by atoms with Crippen molar-refractivity contribution in [1.82, 2.24) is 10.7 Å². The first-order valence-corrected chi connectivity index (χ1v) is 9.64. The molecule has 4 nitrogen and oxygen atoms in total. The fourth-order valence-corrected chi connectivity index (χ4v) is 5.10. The van der Waals surface area contributed by atoms with Crippen molar-refractivity contribution in [2.45, 2.75) is 32.2 Å². The molecule has 0 aromatic heterocycles. The zero-order valence-corrected chi connectivity index (χ0v) is 15.3. The molecule has 2 N–H and O–H groups in total. The normalized spacial score (nSPS) is 32.1. The van der Waals surface area contributed by atoms with E-state index in [0.717, 1.165) is 35.0 Å². The molecule has 0 amide bonds. The third-order valence-electron chi connectivity index (χ3n) is 5.90. The predicted molar refractivity (Wildman–Crippen MR) is 105 cm³/mol. The van der Waals surface area contributed by atoms with Gasteiger partial charge < -0.3 is 10.1 Å². The quantitative estimate of drug-likeness (QED) is 0.367. The van der Waals surface area contributed by atoms with Gasteiger partial charge in [0.1, 0.15) is 5.75 Å². The van der Waals surface area contributed by atoms with Gasteiger partial charge >= 0.3 is 0 Å². The number of nitrogens with one attached hydrogen (secondary N) is 2. The molecular formula is C20H25N3OS. The Morgan fingerprint density at radius 3 is 2.92 bits per heavy atom. The fraction of sp³-hybridized carbons (Fsp3) is 0.500. The molecule has 3 aliphatic rings. The van der Waals surface area contributed by atoms with Crippen LogP contribution in [-0.4, -0.2) is 24.0 Å². The molecule has 0 unspecified atom stereocenters. The van der Waals surface area contributed by atoms with Crippen LogP contribution in [0.3, 0.4) is 0 Å². The third-order valence-corrected chi connectivity index (χ3v) is 6.11. The lowest BCUT2D eigenvalue weighted by Gasteiger charge is -2.32. The lowest BCUT2D eigenvalue weighted by molar-refractivity contribution is 0.246. The number of fused-ring (bicyclic) bond motifs is 5. The summed E-state index contributed by atoms with van der Waals surface area (Å²) in [6.45, 7) is 2.65. The Morgan fingerprint density at radius 2 is 2.12 bits per heavy atom. The molecule has 0 saturated heterocycles. The summed E-state index contributed by atoms with van der Waals surface area (Å²) in [6.07, 6.45) is 10.5. The molecular weight excluding hydrogens is 330 g/mol. The standard InChI is InChI=1S/C20H25N3OS/c1-2-24-15-8-6-13(7-9-15)12-21-23-20(25)22-19-11-14-10-18(19)17-5-3-4-16(14)17/h3,5-9,12,14,16-19H,2,4,10-11H2,1H3,(H2,22,23,25)/b21-12-/t14-,16+,17-,18+,19-/m1/s1. The molecule has 5 atom stereocenters. The number of hydrazone groups is 1. The van der Waals surface area contributed by atoms with E-state index in [4.69, 9.17) is 17.0 Å². The smallest absolute Gasteiger partial charge is 0.187 e. The Hall–Kier alpha value is -1.88. The van der Waals surface area contributed by atoms with E-state index in [9.17, 15) is 0 Å². The highest BCUT2D eigenvalue weighted by Gasteiger charge is 2.52. The van der Waals surface area contributed by atoms with Gasteiger partial charge in [-0.05, 0) is 91.9 Å². The third kappa shape index (κ3) is 3.43. The fourth-order valence-electron chi connectivity index (χ4n) is 4.89. The summed E-state index contributed by atoms with van der Waals surface area (Å²) in [7, 11) is 0. The summed E-state index contributed by atoms with van der Waals surface area (Å²) in [5, 5.41) is 8.37. The first-order chi connectivity index (χ1) is 12.2. The van der Waals surface area contributed by atoms with E-state index >= 15 is 0 Å². The second-order valence-electron chi connectivity index (χ2n) is 7.25. The maximum atomic E-state index is 5.44. The minimum atomic E-state index is 0.495. The van der Waals surface area contributed by atoms with Gasteiger partial charge in [-0.2, -0.15) is 5.10 Å². The van der Waals surface area contributed by atoms with E-state index < -0.39 is 0 Å². The molecule has 3 aliphatic carbocycles.